The molecule has 20 heavy (non-hydrogen) atoms. The predicted octanol–water partition coefficient (Wildman–Crippen LogP) is 2.39. The highest BCUT2D eigenvalue weighted by atomic mass is 35.5. The zero-order valence-corrected chi connectivity index (χ0v) is 12.3. The first-order chi connectivity index (χ1) is 9.64. The lowest BCUT2D eigenvalue weighted by molar-refractivity contribution is -0.153. The minimum atomic E-state index is -0.626. The van der Waals surface area contributed by atoms with Crippen LogP contribution in [-0.4, -0.2) is 43.2 Å². The molecule has 0 aromatic heterocycles. The summed E-state index contributed by atoms with van der Waals surface area (Å²) in [7, 11) is 1.46. The zero-order chi connectivity index (χ0) is 14.2. The second kappa shape index (κ2) is 5.26. The molecular formula is C15H19ClN2O2. The fraction of sp³-hybridized carbons (Fsp3) is 0.533. The van der Waals surface area contributed by atoms with Crippen molar-refractivity contribution < 1.29 is 9.53 Å². The Labute approximate surface area is 124 Å². The van der Waals surface area contributed by atoms with Gasteiger partial charge in [-0.05, 0) is 56.1 Å². The molecule has 0 radical (unpaired) electrons. The molecule has 3 saturated heterocycles. The fourth-order valence-electron chi connectivity index (χ4n) is 3.46. The number of halogens is 1. The van der Waals surface area contributed by atoms with E-state index in [1.165, 1.54) is 7.11 Å². The second-order valence-electron chi connectivity index (χ2n) is 5.65. The molecule has 2 bridgehead atoms. The molecule has 108 valence electrons. The normalized spacial score (nSPS) is 31.9. The van der Waals surface area contributed by atoms with Gasteiger partial charge >= 0.3 is 5.97 Å². The summed E-state index contributed by atoms with van der Waals surface area (Å²) in [5.41, 5.74) is 0.285. The molecule has 1 atom stereocenters. The minimum absolute atomic E-state index is 0.165. The molecule has 0 aliphatic carbocycles. The summed E-state index contributed by atoms with van der Waals surface area (Å²) >= 11 is 5.91. The molecule has 5 heteroatoms. The van der Waals surface area contributed by atoms with Crippen LogP contribution in [-0.2, 0) is 9.53 Å². The number of carbonyl (C=O) groups is 1. The topological polar surface area (TPSA) is 41.6 Å². The Morgan fingerprint density at radius 2 is 2.00 bits per heavy atom. The Kier molecular flexibility index (Phi) is 3.61. The van der Waals surface area contributed by atoms with Crippen LogP contribution in [0.15, 0.2) is 24.3 Å². The molecule has 0 saturated carbocycles. The van der Waals surface area contributed by atoms with E-state index in [9.17, 15) is 4.79 Å². The van der Waals surface area contributed by atoms with Gasteiger partial charge in [-0.15, -0.1) is 0 Å². The molecule has 0 amide bonds. The first-order valence-electron chi connectivity index (χ1n) is 6.98. The van der Waals surface area contributed by atoms with Crippen molar-refractivity contribution in [2.24, 2.45) is 5.92 Å². The number of nitrogens with zero attached hydrogens (tertiary/aromatic N) is 1. The highest BCUT2D eigenvalue weighted by Crippen LogP contribution is 2.39. The van der Waals surface area contributed by atoms with Crippen LogP contribution < -0.4 is 5.32 Å². The van der Waals surface area contributed by atoms with Crippen molar-refractivity contribution in [1.82, 2.24) is 4.90 Å². The van der Waals surface area contributed by atoms with E-state index in [4.69, 9.17) is 16.3 Å². The Morgan fingerprint density at radius 3 is 2.50 bits per heavy atom. The number of fused-ring (bicyclic) bond motifs is 3. The maximum absolute atomic E-state index is 12.4. The summed E-state index contributed by atoms with van der Waals surface area (Å²) < 4.78 is 5.09. The quantitative estimate of drug-likeness (QED) is 0.869. The van der Waals surface area contributed by atoms with Crippen molar-refractivity contribution in [2.75, 3.05) is 32.1 Å². The van der Waals surface area contributed by atoms with E-state index in [-0.39, 0.29) is 5.97 Å². The van der Waals surface area contributed by atoms with Crippen molar-refractivity contribution in [3.8, 4) is 0 Å². The lowest BCUT2D eigenvalue weighted by Crippen LogP contribution is -2.67. The third-order valence-electron chi connectivity index (χ3n) is 4.52. The molecule has 4 nitrogen and oxygen atoms in total. The number of rotatable bonds is 3. The Hall–Kier alpha value is -1.26. The Bertz CT molecular complexity index is 497. The van der Waals surface area contributed by atoms with Gasteiger partial charge in [0.05, 0.1) is 7.11 Å². The molecule has 3 aliphatic heterocycles. The SMILES string of the molecule is COC(=O)C1(Nc2ccc(Cl)cc2)CN2CCC1CC2. The van der Waals surface area contributed by atoms with Gasteiger partial charge < -0.3 is 15.0 Å². The standard InChI is InChI=1S/C15H19ClN2O2/c1-20-14(19)15(10-18-8-6-11(15)7-9-18)17-13-4-2-12(16)3-5-13/h2-5,11,17H,6-10H2,1H3. The van der Waals surface area contributed by atoms with Crippen LogP contribution in [0.25, 0.3) is 0 Å². The van der Waals surface area contributed by atoms with Gasteiger partial charge in [-0.2, -0.15) is 0 Å². The van der Waals surface area contributed by atoms with E-state index in [0.29, 0.717) is 17.5 Å². The molecule has 4 rings (SSSR count). The smallest absolute Gasteiger partial charge is 0.333 e. The summed E-state index contributed by atoms with van der Waals surface area (Å²) in [6.07, 6.45) is 2.07. The van der Waals surface area contributed by atoms with E-state index in [0.717, 1.165) is 31.6 Å². The molecule has 0 spiro atoms. The average Bonchev–Trinajstić information content (AvgIpc) is 2.50. The Morgan fingerprint density at radius 1 is 1.35 bits per heavy atom. The molecule has 3 fully saturated rings. The monoisotopic (exact) mass is 294 g/mol. The number of methoxy groups -OCH3 is 1. The predicted molar refractivity (Wildman–Crippen MR) is 79.0 cm³/mol. The third-order valence-corrected chi connectivity index (χ3v) is 4.77. The lowest BCUT2D eigenvalue weighted by Gasteiger charge is -2.51. The first kappa shape index (κ1) is 13.7. The van der Waals surface area contributed by atoms with Gasteiger partial charge in [0.15, 0.2) is 5.54 Å². The van der Waals surface area contributed by atoms with Gasteiger partial charge in [0.2, 0.25) is 0 Å². The highest BCUT2D eigenvalue weighted by Gasteiger charge is 2.52. The number of hydrogen-bond donors (Lipinski definition) is 1. The molecule has 1 aromatic carbocycles. The van der Waals surface area contributed by atoms with Crippen LogP contribution in [0, 0.1) is 5.92 Å². The summed E-state index contributed by atoms with van der Waals surface area (Å²) in [6, 6.07) is 7.47. The molecule has 1 N–H and O–H groups in total. The summed E-state index contributed by atoms with van der Waals surface area (Å²) in [5.74, 6) is 0.164. The van der Waals surface area contributed by atoms with Crippen LogP contribution in [0.3, 0.4) is 0 Å². The maximum Gasteiger partial charge on any atom is 0.333 e. The maximum atomic E-state index is 12.4. The van der Waals surface area contributed by atoms with Gasteiger partial charge in [0.25, 0.3) is 0 Å². The van der Waals surface area contributed by atoms with Crippen molar-refractivity contribution in [1.29, 1.82) is 0 Å². The number of ether oxygens (including phenoxy) is 1. The first-order valence-corrected chi connectivity index (χ1v) is 7.36. The van der Waals surface area contributed by atoms with E-state index < -0.39 is 5.54 Å². The van der Waals surface area contributed by atoms with Crippen molar-refractivity contribution in [3.05, 3.63) is 29.3 Å². The van der Waals surface area contributed by atoms with Crippen LogP contribution in [0.4, 0.5) is 5.69 Å². The number of carbonyl (C=O) groups excluding carboxylic acids is 1. The van der Waals surface area contributed by atoms with Gasteiger partial charge in [-0.1, -0.05) is 11.6 Å². The van der Waals surface area contributed by atoms with E-state index in [1.807, 2.05) is 24.3 Å². The van der Waals surface area contributed by atoms with Crippen molar-refractivity contribution in [3.63, 3.8) is 0 Å². The van der Waals surface area contributed by atoms with Gasteiger partial charge in [0, 0.05) is 17.3 Å². The zero-order valence-electron chi connectivity index (χ0n) is 11.6. The van der Waals surface area contributed by atoms with Crippen molar-refractivity contribution in [2.45, 2.75) is 18.4 Å². The number of piperidine rings is 3. The molecular weight excluding hydrogens is 276 g/mol. The van der Waals surface area contributed by atoms with Crippen LogP contribution in [0.2, 0.25) is 5.02 Å². The fourth-order valence-corrected chi connectivity index (χ4v) is 3.59. The van der Waals surface area contributed by atoms with Crippen LogP contribution >= 0.6 is 11.6 Å². The van der Waals surface area contributed by atoms with Gasteiger partial charge in [0.1, 0.15) is 0 Å². The third kappa shape index (κ3) is 2.27. The van der Waals surface area contributed by atoms with E-state index in [1.54, 1.807) is 0 Å². The van der Waals surface area contributed by atoms with Gasteiger partial charge in [-0.3, -0.25) is 0 Å². The largest absolute Gasteiger partial charge is 0.467 e. The highest BCUT2D eigenvalue weighted by molar-refractivity contribution is 6.30. The van der Waals surface area contributed by atoms with E-state index in [2.05, 4.69) is 10.2 Å². The molecule has 1 aromatic rings. The lowest BCUT2D eigenvalue weighted by atomic mass is 9.72. The molecule has 3 heterocycles. The number of anilines is 1. The minimum Gasteiger partial charge on any atom is -0.467 e. The number of esters is 1. The number of benzene rings is 1. The molecule has 1 unspecified atom stereocenters. The van der Waals surface area contributed by atoms with E-state index >= 15 is 0 Å². The summed E-state index contributed by atoms with van der Waals surface area (Å²) in [4.78, 5) is 14.7. The number of hydrogen-bond acceptors (Lipinski definition) is 4. The average molecular weight is 295 g/mol. The van der Waals surface area contributed by atoms with Crippen LogP contribution in [0.1, 0.15) is 12.8 Å². The van der Waals surface area contributed by atoms with Crippen LogP contribution in [0.5, 0.6) is 0 Å². The van der Waals surface area contributed by atoms with Crippen molar-refractivity contribution >= 4 is 23.3 Å². The Balaban J connectivity index is 1.90. The summed E-state index contributed by atoms with van der Waals surface area (Å²) in [5, 5.41) is 4.12. The molecule has 3 aliphatic rings. The second-order valence-corrected chi connectivity index (χ2v) is 6.08. The van der Waals surface area contributed by atoms with Gasteiger partial charge in [-0.25, -0.2) is 4.79 Å². The summed E-state index contributed by atoms with van der Waals surface area (Å²) in [6.45, 7) is 2.87. The number of nitrogens with one attached hydrogen (secondary N) is 1.